The Morgan fingerprint density at radius 1 is 0.459 bits per heavy atom. The molecular formula is C102H115BBrF3N17O11. The van der Waals surface area contributed by atoms with Gasteiger partial charge in [-0.25, -0.2) is 52.7 Å². The molecule has 12 aromatic rings. The van der Waals surface area contributed by atoms with Gasteiger partial charge in [0.25, 0.3) is 0 Å². The van der Waals surface area contributed by atoms with Crippen LogP contribution in [-0.2, 0) is 23.7 Å². The van der Waals surface area contributed by atoms with Crippen molar-refractivity contribution < 1.29 is 65.7 Å². The lowest BCUT2D eigenvalue weighted by Crippen LogP contribution is -2.35. The van der Waals surface area contributed by atoms with Gasteiger partial charge in [0.05, 0.1) is 38.9 Å². The standard InChI is InChI=1S/C33H35FN6O2.C30H32FN5O3.C27H27BrFN5O3.C9H15NO.C3H6BO2/c1-38(24-11-12-24)16-3-6-28(41)39-17-15-25(19-39)40-31(22-7-8-22)29(30-32(35)36-20-37-33(30)40)21-9-13-26(14-10-21)42-27-5-2-4-23(34)18-27;1-30(2,3)39-29(37)35-14-13-21(16-35)36-26(19-7-8-19)24(25-27(32)33-17-34-28(25)36)18-9-11-22(12-10-18)38-23-6-4-5-20(31)15-23;1-27(2,3)37-26(35)33-12-11-18(14-33)34-23(28)21(22-24(30)31-15-32-25(22)34)16-7-9-19(10-8-16)36-20-6-4-5-17(29)13-20;1-8(11)4-3-7-10(2)9-5-6-9;5-4-6-3-1-2-3/h2-6,9-10,13-14,18,20,22,24-25H,7-8,11-12,15-17,19H2,1H3,(H2,35,36,37);4-6,9-12,15,17,19,21H,7-8,13-14,16H2,1-3H3,(H2,32,33,34);4-10,13,15,18H,11-12,14H2,1-3H3,(H2,30,31,32);3-4,9H,5-7H2,1-2H3;3,5H,1-2H2/b6-3+;;;4-3+;/t25-;21-;18-;;/m111../s1. The van der Waals surface area contributed by atoms with E-state index in [1.165, 1.54) is 92.5 Å². The summed E-state index contributed by atoms with van der Waals surface area (Å²) in [5.41, 5.74) is 28.7. The van der Waals surface area contributed by atoms with Gasteiger partial charge in [-0.1, -0.05) is 66.7 Å². The Morgan fingerprint density at radius 3 is 1.15 bits per heavy atom. The maximum atomic E-state index is 13.6. The number of nitrogens with two attached hydrogens (primary N) is 3. The van der Waals surface area contributed by atoms with E-state index >= 15 is 0 Å². The van der Waals surface area contributed by atoms with Crippen LogP contribution in [0.3, 0.4) is 0 Å². The molecule has 28 nitrogen and oxygen atoms in total. The third-order valence-electron chi connectivity index (χ3n) is 24.6. The van der Waals surface area contributed by atoms with Crippen molar-refractivity contribution >= 4 is 98.0 Å². The van der Waals surface area contributed by atoms with E-state index in [1.807, 2.05) is 131 Å². The van der Waals surface area contributed by atoms with Crippen molar-refractivity contribution in [1.82, 2.24) is 68.1 Å². The third-order valence-corrected chi connectivity index (χ3v) is 25.4. The van der Waals surface area contributed by atoms with Gasteiger partial charge < -0.3 is 79.0 Å². The molecule has 5 saturated carbocycles. The monoisotopic (exact) mass is 1900 g/mol. The lowest BCUT2D eigenvalue weighted by molar-refractivity contribution is -0.125. The molecule has 6 aromatic heterocycles. The van der Waals surface area contributed by atoms with Gasteiger partial charge in [0.15, 0.2) is 5.78 Å². The summed E-state index contributed by atoms with van der Waals surface area (Å²) in [6.07, 6.45) is 25.6. The normalized spacial score (nSPS) is 17.7. The van der Waals surface area contributed by atoms with Crippen LogP contribution >= 0.6 is 15.9 Å². The molecule has 1 radical (unpaired) electrons. The number of amides is 3. The number of anilines is 3. The van der Waals surface area contributed by atoms with E-state index in [9.17, 15) is 32.3 Å². The summed E-state index contributed by atoms with van der Waals surface area (Å²) >= 11 is 3.79. The molecule has 6 aromatic carbocycles. The van der Waals surface area contributed by atoms with Gasteiger partial charge >= 0.3 is 19.9 Å². The number of carbonyl (C=O) groups is 4. The predicted octanol–water partition coefficient (Wildman–Crippen LogP) is 20.1. The number of hydrogen-bond acceptors (Lipinski definition) is 22. The van der Waals surface area contributed by atoms with Crippen LogP contribution < -0.4 is 31.4 Å². The van der Waals surface area contributed by atoms with Gasteiger partial charge in [-0.15, -0.1) is 0 Å². The second-order valence-corrected chi connectivity index (χ2v) is 38.4. The molecule has 0 spiro atoms. The molecule has 33 heteroatoms. The molecule has 8 fully saturated rings. The summed E-state index contributed by atoms with van der Waals surface area (Å²) < 4.78 is 81.6. The number of nitrogen functional groups attached to an aromatic ring is 3. The Bertz CT molecular complexity index is 6330. The van der Waals surface area contributed by atoms with Crippen molar-refractivity contribution in [2.24, 2.45) is 0 Å². The second kappa shape index (κ2) is 41.7. The molecule has 8 aliphatic rings. The predicted molar refractivity (Wildman–Crippen MR) is 519 cm³/mol. The average molecular weight is 1900 g/mol. The number of nitrogens with zero attached hydrogens (tertiary/aromatic N) is 14. The van der Waals surface area contributed by atoms with Crippen molar-refractivity contribution in [3.63, 3.8) is 0 Å². The summed E-state index contributed by atoms with van der Waals surface area (Å²) in [5.74, 6) is 4.26. The lowest BCUT2D eigenvalue weighted by Gasteiger charge is -2.25. The Morgan fingerprint density at radius 2 is 0.807 bits per heavy atom. The van der Waals surface area contributed by atoms with Crippen LogP contribution in [0.2, 0.25) is 0 Å². The summed E-state index contributed by atoms with van der Waals surface area (Å²) in [6.45, 7) is 18.1. The molecule has 3 aliphatic heterocycles. The van der Waals surface area contributed by atoms with E-state index in [4.69, 9.17) is 55.9 Å². The van der Waals surface area contributed by atoms with Crippen LogP contribution in [0.15, 0.2) is 193 Å². The largest absolute Gasteiger partial charge is 0.485 e. The van der Waals surface area contributed by atoms with Crippen LogP contribution in [-0.4, -0.2) is 201 Å². The van der Waals surface area contributed by atoms with Crippen molar-refractivity contribution in [1.29, 1.82) is 0 Å². The number of likely N-dealkylation sites (tertiary alicyclic amines) is 3. The second-order valence-electron chi connectivity index (χ2n) is 37.6. The van der Waals surface area contributed by atoms with E-state index in [1.54, 1.807) is 65.3 Å². The number of rotatable bonds is 24. The molecule has 135 heavy (non-hydrogen) atoms. The van der Waals surface area contributed by atoms with Crippen molar-refractivity contribution in [2.75, 3.05) is 83.7 Å². The highest BCUT2D eigenvalue weighted by atomic mass is 79.9. The average Bonchev–Trinajstić information content (AvgIpc) is 1.56. The number of likely N-dealkylation sites (N-methyl/N-ethyl adjacent to an activating group) is 2. The first-order chi connectivity index (χ1) is 64.9. The van der Waals surface area contributed by atoms with E-state index in [0.29, 0.717) is 121 Å². The van der Waals surface area contributed by atoms with Crippen molar-refractivity contribution in [3.05, 3.63) is 222 Å². The third kappa shape index (κ3) is 24.0. The van der Waals surface area contributed by atoms with Gasteiger partial charge in [0.2, 0.25) is 5.91 Å². The SMILES string of the molecule is CC(=O)/C=C/CN(C)C1CC1.CC(C)(C)OC(=O)N1CC[C@@H](n2c(Br)c(-c3ccc(Oc4cccc(F)c4)cc3)c3c(N)ncnc32)C1.CC(C)(C)OC(=O)N1CC[C@@H](n2c(C3CC3)c(-c3ccc(Oc4cccc(F)c4)cc3)c3c(N)ncnc32)C1.CN(C/C=C/C(=O)N1CC[C@@H](n2c(C3CC3)c(-c3ccc(Oc4cccc(F)c4)cc3)c3c(N)ncnc32)C1)C1CC1.O[B]OC1CC1. The molecule has 3 amide bonds. The minimum Gasteiger partial charge on any atom is -0.457 e. The number of carbonyl (C=O) groups excluding carboxylic acids is 4. The fourth-order valence-corrected chi connectivity index (χ4v) is 18.3. The highest BCUT2D eigenvalue weighted by Gasteiger charge is 2.42. The molecule has 9 heterocycles. The molecule has 5 aliphatic carbocycles. The van der Waals surface area contributed by atoms with Crippen LogP contribution in [0.25, 0.3) is 66.5 Å². The maximum absolute atomic E-state index is 13.6. The number of ether oxygens (including phenoxy) is 5. The fourth-order valence-electron chi connectivity index (χ4n) is 17.5. The molecule has 0 unspecified atom stereocenters. The van der Waals surface area contributed by atoms with Gasteiger partial charge in [-0.3, -0.25) is 19.4 Å². The Kier molecular flexibility index (Phi) is 29.5. The summed E-state index contributed by atoms with van der Waals surface area (Å²) in [6, 6.07) is 42.8. The van der Waals surface area contributed by atoms with E-state index < -0.39 is 11.2 Å². The van der Waals surface area contributed by atoms with Gasteiger partial charge in [-0.2, -0.15) is 0 Å². The summed E-state index contributed by atoms with van der Waals surface area (Å²) in [5, 5.41) is 10.3. The first-order valence-electron chi connectivity index (χ1n) is 46.2. The molecule has 3 saturated heterocycles. The molecule has 3 atom stereocenters. The molecule has 7 N–H and O–H groups in total. The number of benzene rings is 6. The van der Waals surface area contributed by atoms with Gasteiger partial charge in [0, 0.05) is 123 Å². The molecule has 20 rings (SSSR count). The van der Waals surface area contributed by atoms with Crippen LogP contribution in [0.4, 0.5) is 40.2 Å². The number of allylic oxidation sites excluding steroid dienone is 1. The lowest BCUT2D eigenvalue weighted by atomic mass is 10.0. The molecule has 705 valence electrons. The van der Waals surface area contributed by atoms with E-state index in [0.717, 1.165) is 150 Å². The zero-order valence-corrected chi connectivity index (χ0v) is 79.1. The number of halogens is 4. The quantitative estimate of drug-likeness (QED) is 0.0322. The van der Waals surface area contributed by atoms with Crippen molar-refractivity contribution in [2.45, 2.75) is 191 Å². The zero-order valence-electron chi connectivity index (χ0n) is 77.5. The maximum Gasteiger partial charge on any atom is 0.485 e. The zero-order chi connectivity index (χ0) is 95.1. The highest BCUT2D eigenvalue weighted by molar-refractivity contribution is 9.10. The first kappa shape index (κ1) is 95.5. The minimum atomic E-state index is -0.560. The summed E-state index contributed by atoms with van der Waals surface area (Å²) in [7, 11) is 4.98. The Labute approximate surface area is 792 Å². The summed E-state index contributed by atoms with van der Waals surface area (Å²) in [4.78, 5) is 86.0. The molecule has 0 bridgehead atoms. The van der Waals surface area contributed by atoms with Gasteiger partial charge in [0.1, 0.15) is 117 Å². The highest BCUT2D eigenvalue weighted by Crippen LogP contribution is 2.54. The number of ketones is 1. The van der Waals surface area contributed by atoms with Crippen LogP contribution in [0.5, 0.6) is 34.5 Å². The van der Waals surface area contributed by atoms with Crippen LogP contribution in [0, 0.1) is 17.5 Å². The van der Waals surface area contributed by atoms with E-state index in [2.05, 4.69) is 78.1 Å². The van der Waals surface area contributed by atoms with Crippen molar-refractivity contribution in [3.8, 4) is 67.9 Å². The minimum absolute atomic E-state index is 0.0250. The first-order valence-corrected chi connectivity index (χ1v) is 47.0. The number of aromatic nitrogens is 9. The van der Waals surface area contributed by atoms with Crippen LogP contribution in [0.1, 0.15) is 173 Å². The smallest absolute Gasteiger partial charge is 0.457 e. The Balaban J connectivity index is 0.000000135. The topological polar surface area (TPSA) is 330 Å². The number of fused-ring (bicyclic) bond motifs is 3. The fraction of sp³-hybridized carbons (Fsp3) is 0.392. The van der Waals surface area contributed by atoms with Gasteiger partial charge in [-0.05, 0) is 269 Å². The molecular weight excluding hydrogens is 1790 g/mol. The number of hydrogen-bond donors (Lipinski definition) is 4. The van der Waals surface area contributed by atoms with E-state index in [-0.39, 0.29) is 59.5 Å². The Hall–Kier alpha value is -12.7.